The van der Waals surface area contributed by atoms with Crippen LogP contribution in [0.5, 0.6) is 0 Å². The number of hydrogen-bond donors (Lipinski definition) is 2. The van der Waals surface area contributed by atoms with E-state index >= 15 is 0 Å². The number of hydrogen-bond acceptors (Lipinski definition) is 4. The van der Waals surface area contributed by atoms with Gasteiger partial charge in [-0.1, -0.05) is 6.07 Å². The summed E-state index contributed by atoms with van der Waals surface area (Å²) >= 11 is 0. The van der Waals surface area contributed by atoms with E-state index < -0.39 is 11.7 Å². The van der Waals surface area contributed by atoms with Crippen LogP contribution in [0.1, 0.15) is 12.0 Å². The minimum absolute atomic E-state index is 0.0350. The normalized spacial score (nSPS) is 17.8. The molecule has 2 N–H and O–H groups in total. The zero-order valence-electron chi connectivity index (χ0n) is 11.8. The van der Waals surface area contributed by atoms with Crippen LogP contribution in [0.15, 0.2) is 24.5 Å². The van der Waals surface area contributed by atoms with Crippen LogP contribution in [-0.4, -0.2) is 33.5 Å². The van der Waals surface area contributed by atoms with Crippen molar-refractivity contribution in [2.45, 2.75) is 13.3 Å². The number of benzene rings is 1. The van der Waals surface area contributed by atoms with Gasteiger partial charge in [0.2, 0.25) is 17.8 Å². The van der Waals surface area contributed by atoms with Crippen molar-refractivity contribution in [3.63, 3.8) is 0 Å². The van der Waals surface area contributed by atoms with Crippen LogP contribution in [0, 0.1) is 18.7 Å². The maximum Gasteiger partial charge on any atom is 0.232 e. The fourth-order valence-electron chi connectivity index (χ4n) is 2.43. The summed E-state index contributed by atoms with van der Waals surface area (Å²) in [6.07, 6.45) is 1.30. The van der Waals surface area contributed by atoms with Gasteiger partial charge in [0.1, 0.15) is 12.1 Å². The van der Waals surface area contributed by atoms with Crippen molar-refractivity contribution < 1.29 is 14.0 Å². The van der Waals surface area contributed by atoms with E-state index in [2.05, 4.69) is 20.5 Å². The number of halogens is 1. The van der Waals surface area contributed by atoms with Crippen molar-refractivity contribution in [2.75, 3.05) is 16.8 Å². The van der Waals surface area contributed by atoms with Gasteiger partial charge < -0.3 is 4.90 Å². The highest BCUT2D eigenvalue weighted by Gasteiger charge is 2.36. The number of amides is 2. The Labute approximate surface area is 125 Å². The maximum absolute atomic E-state index is 14.0. The molecule has 1 aliphatic heterocycles. The number of aromatic nitrogens is 3. The molecule has 0 radical (unpaired) electrons. The minimum Gasteiger partial charge on any atom is -0.309 e. The Kier molecular flexibility index (Phi) is 3.58. The number of anilines is 2. The van der Waals surface area contributed by atoms with Crippen molar-refractivity contribution in [3.8, 4) is 0 Å². The zero-order valence-corrected chi connectivity index (χ0v) is 11.8. The molecule has 1 aromatic heterocycles. The molecule has 1 aliphatic rings. The quantitative estimate of drug-likeness (QED) is 0.892. The number of nitrogens with zero attached hydrogens (tertiary/aromatic N) is 3. The average Bonchev–Trinajstić information content (AvgIpc) is 3.09. The molecule has 1 fully saturated rings. The Morgan fingerprint density at radius 3 is 3.00 bits per heavy atom. The Morgan fingerprint density at radius 2 is 2.32 bits per heavy atom. The first-order chi connectivity index (χ1) is 10.5. The number of nitrogens with one attached hydrogen (secondary N) is 2. The van der Waals surface area contributed by atoms with Gasteiger partial charge in [0.25, 0.3) is 0 Å². The molecule has 3 rings (SSSR count). The first kappa shape index (κ1) is 14.2. The highest BCUT2D eigenvalue weighted by molar-refractivity contribution is 6.03. The lowest BCUT2D eigenvalue weighted by atomic mass is 10.1. The first-order valence-corrected chi connectivity index (χ1v) is 6.77. The third kappa shape index (κ3) is 2.67. The Morgan fingerprint density at radius 1 is 1.50 bits per heavy atom. The highest BCUT2D eigenvalue weighted by atomic mass is 19.1. The lowest BCUT2D eigenvalue weighted by Gasteiger charge is -2.17. The van der Waals surface area contributed by atoms with Crippen molar-refractivity contribution in [1.82, 2.24) is 15.2 Å². The lowest BCUT2D eigenvalue weighted by Crippen LogP contribution is -2.29. The first-order valence-electron chi connectivity index (χ1n) is 6.77. The van der Waals surface area contributed by atoms with Gasteiger partial charge in [0.05, 0.1) is 11.6 Å². The largest absolute Gasteiger partial charge is 0.309 e. The van der Waals surface area contributed by atoms with E-state index in [0.29, 0.717) is 0 Å². The predicted octanol–water partition coefficient (Wildman–Crippen LogP) is 1.24. The molecule has 0 spiro atoms. The van der Waals surface area contributed by atoms with E-state index in [-0.39, 0.29) is 36.4 Å². The molecule has 8 heteroatoms. The summed E-state index contributed by atoms with van der Waals surface area (Å²) in [6.45, 7) is 1.91. The summed E-state index contributed by atoms with van der Waals surface area (Å²) in [7, 11) is 0. The number of carbonyl (C=O) groups is 2. The van der Waals surface area contributed by atoms with E-state index in [1.807, 2.05) is 0 Å². The van der Waals surface area contributed by atoms with Gasteiger partial charge in [0.15, 0.2) is 0 Å². The average molecular weight is 303 g/mol. The van der Waals surface area contributed by atoms with Crippen LogP contribution in [0.3, 0.4) is 0 Å². The van der Waals surface area contributed by atoms with E-state index in [1.165, 1.54) is 17.3 Å². The molecule has 1 saturated heterocycles. The molecule has 1 aromatic carbocycles. The van der Waals surface area contributed by atoms with Crippen molar-refractivity contribution >= 4 is 23.5 Å². The highest BCUT2D eigenvalue weighted by Crippen LogP contribution is 2.28. The van der Waals surface area contributed by atoms with E-state index in [4.69, 9.17) is 0 Å². The van der Waals surface area contributed by atoms with E-state index in [0.717, 1.165) is 5.56 Å². The monoisotopic (exact) mass is 303 g/mol. The molecule has 0 unspecified atom stereocenters. The third-order valence-corrected chi connectivity index (χ3v) is 3.55. The second-order valence-electron chi connectivity index (χ2n) is 5.18. The molecule has 2 amide bonds. The van der Waals surface area contributed by atoms with E-state index in [1.54, 1.807) is 19.1 Å². The second kappa shape index (κ2) is 5.55. The SMILES string of the molecule is Cc1ccc(N2C[C@@H](C(=O)Nc3ncn[nH]3)CC2=O)c(F)c1. The standard InChI is InChI=1S/C14H14FN5O2/c1-8-2-3-11(10(15)4-8)20-6-9(5-12(20)21)13(22)18-14-16-7-17-19-14/h2-4,7,9H,5-6H2,1H3,(H2,16,17,18,19,22)/t9-/m0/s1. The summed E-state index contributed by atoms with van der Waals surface area (Å²) in [5.74, 6) is -1.43. The van der Waals surface area contributed by atoms with E-state index in [9.17, 15) is 14.0 Å². The number of rotatable bonds is 3. The molecule has 2 heterocycles. The molecular weight excluding hydrogens is 289 g/mol. The summed E-state index contributed by atoms with van der Waals surface area (Å²) < 4.78 is 14.0. The lowest BCUT2D eigenvalue weighted by molar-refractivity contribution is -0.122. The zero-order chi connectivity index (χ0) is 15.7. The van der Waals surface area contributed by atoms with Crippen LogP contribution in [0.2, 0.25) is 0 Å². The molecule has 0 aliphatic carbocycles. The van der Waals surface area contributed by atoms with Crippen molar-refractivity contribution in [2.24, 2.45) is 5.92 Å². The maximum atomic E-state index is 14.0. The molecule has 22 heavy (non-hydrogen) atoms. The number of H-pyrrole nitrogens is 1. The smallest absolute Gasteiger partial charge is 0.232 e. The number of aryl methyl sites for hydroxylation is 1. The third-order valence-electron chi connectivity index (χ3n) is 3.55. The topological polar surface area (TPSA) is 91.0 Å². The van der Waals surface area contributed by atoms with Gasteiger partial charge in [-0.25, -0.2) is 9.49 Å². The Bertz CT molecular complexity index is 716. The van der Waals surface area contributed by atoms with Crippen LogP contribution in [0.4, 0.5) is 16.0 Å². The minimum atomic E-state index is -0.557. The van der Waals surface area contributed by atoms with Gasteiger partial charge in [-0.05, 0) is 24.6 Å². The summed E-state index contributed by atoms with van der Waals surface area (Å²) in [4.78, 5) is 29.3. The van der Waals surface area contributed by atoms with Crippen LogP contribution in [0.25, 0.3) is 0 Å². The Hall–Kier alpha value is -2.77. The predicted molar refractivity (Wildman–Crippen MR) is 76.6 cm³/mol. The summed E-state index contributed by atoms with van der Waals surface area (Å²) in [5, 5.41) is 8.67. The molecule has 2 aromatic rings. The molecule has 0 bridgehead atoms. The fraction of sp³-hybridized carbons (Fsp3) is 0.286. The van der Waals surface area contributed by atoms with Crippen molar-refractivity contribution in [3.05, 3.63) is 35.9 Å². The van der Waals surface area contributed by atoms with Crippen LogP contribution < -0.4 is 10.2 Å². The van der Waals surface area contributed by atoms with Gasteiger partial charge >= 0.3 is 0 Å². The molecule has 0 saturated carbocycles. The van der Waals surface area contributed by atoms with Crippen LogP contribution in [-0.2, 0) is 9.59 Å². The fourth-order valence-corrected chi connectivity index (χ4v) is 2.43. The summed E-state index contributed by atoms with van der Waals surface area (Å²) in [5.41, 5.74) is 0.970. The molecule has 7 nitrogen and oxygen atoms in total. The van der Waals surface area contributed by atoms with Gasteiger partial charge in [-0.3, -0.25) is 14.9 Å². The molecule has 114 valence electrons. The van der Waals surface area contributed by atoms with Gasteiger partial charge in [0, 0.05) is 13.0 Å². The van der Waals surface area contributed by atoms with Gasteiger partial charge in [-0.15, -0.1) is 0 Å². The number of aromatic amines is 1. The van der Waals surface area contributed by atoms with Crippen molar-refractivity contribution in [1.29, 1.82) is 0 Å². The second-order valence-corrected chi connectivity index (χ2v) is 5.18. The Balaban J connectivity index is 1.74. The number of carbonyl (C=O) groups excluding carboxylic acids is 2. The molecular formula is C14H14FN5O2. The van der Waals surface area contributed by atoms with Crippen LogP contribution >= 0.6 is 0 Å². The van der Waals surface area contributed by atoms with Gasteiger partial charge in [-0.2, -0.15) is 10.1 Å². The summed E-state index contributed by atoms with van der Waals surface area (Å²) in [6, 6.07) is 4.65. The molecule has 1 atom stereocenters.